The van der Waals surface area contributed by atoms with E-state index in [-0.39, 0.29) is 23.0 Å². The molecule has 0 N–H and O–H groups in total. The maximum absolute atomic E-state index is 12.6. The topological polar surface area (TPSA) is 70.6 Å². The van der Waals surface area contributed by atoms with Gasteiger partial charge in [0.1, 0.15) is 5.52 Å². The molecule has 10 heteroatoms. The van der Waals surface area contributed by atoms with E-state index in [1.807, 2.05) is 18.2 Å². The van der Waals surface area contributed by atoms with Gasteiger partial charge in [-0.25, -0.2) is 13.4 Å². The Bertz CT molecular complexity index is 1170. The van der Waals surface area contributed by atoms with Crippen molar-refractivity contribution >= 4 is 65.6 Å². The summed E-state index contributed by atoms with van der Waals surface area (Å²) < 4.78 is 25.9. The van der Waals surface area contributed by atoms with E-state index in [0.717, 1.165) is 15.3 Å². The van der Waals surface area contributed by atoms with Gasteiger partial charge in [0, 0.05) is 37.6 Å². The second kappa shape index (κ2) is 8.70. The van der Waals surface area contributed by atoms with Gasteiger partial charge in [0.25, 0.3) is 0 Å². The summed E-state index contributed by atoms with van der Waals surface area (Å²) in [5.74, 6) is -0.371. The van der Waals surface area contributed by atoms with Crippen molar-refractivity contribution in [2.75, 3.05) is 36.8 Å². The number of carbonyl (C=O) groups excluding carboxylic acids is 1. The molecule has 158 valence electrons. The lowest BCUT2D eigenvalue weighted by Gasteiger charge is -2.34. The lowest BCUT2D eigenvalue weighted by atomic mass is 10.3. The third-order valence-corrected chi connectivity index (χ3v) is 8.39. The van der Waals surface area contributed by atoms with Gasteiger partial charge in [-0.15, -0.1) is 0 Å². The minimum atomic E-state index is -3.52. The van der Waals surface area contributed by atoms with E-state index in [0.29, 0.717) is 36.2 Å². The molecule has 0 aliphatic carbocycles. The van der Waals surface area contributed by atoms with Crippen LogP contribution >= 0.6 is 34.5 Å². The molecule has 3 aromatic rings. The van der Waals surface area contributed by atoms with Gasteiger partial charge in [0.2, 0.25) is 5.91 Å². The molecular weight excluding hydrogens is 465 g/mol. The van der Waals surface area contributed by atoms with Crippen molar-refractivity contribution in [3.05, 3.63) is 52.5 Å². The van der Waals surface area contributed by atoms with E-state index < -0.39 is 9.84 Å². The van der Waals surface area contributed by atoms with E-state index in [2.05, 4.69) is 9.88 Å². The van der Waals surface area contributed by atoms with Gasteiger partial charge >= 0.3 is 0 Å². The number of amides is 1. The molecule has 0 saturated carbocycles. The number of hydrogen-bond acceptors (Lipinski definition) is 6. The fourth-order valence-electron chi connectivity index (χ4n) is 3.33. The van der Waals surface area contributed by atoms with Gasteiger partial charge < -0.3 is 9.80 Å². The molecule has 2 aromatic carbocycles. The molecule has 0 atom stereocenters. The highest BCUT2D eigenvalue weighted by atomic mass is 35.5. The van der Waals surface area contributed by atoms with Gasteiger partial charge in [0.15, 0.2) is 15.0 Å². The number of nitrogens with zero attached hydrogens (tertiary/aromatic N) is 3. The zero-order valence-corrected chi connectivity index (χ0v) is 19.1. The number of para-hydroxylation sites is 1. The molecule has 0 unspecified atom stereocenters. The van der Waals surface area contributed by atoms with Crippen molar-refractivity contribution in [1.82, 2.24) is 9.88 Å². The lowest BCUT2D eigenvalue weighted by Crippen LogP contribution is -2.49. The first kappa shape index (κ1) is 21.4. The first-order chi connectivity index (χ1) is 14.3. The van der Waals surface area contributed by atoms with Crippen LogP contribution in [0.3, 0.4) is 0 Å². The smallest absolute Gasteiger partial charge is 0.223 e. The normalized spacial score (nSPS) is 15.0. The maximum Gasteiger partial charge on any atom is 0.223 e. The molecule has 0 spiro atoms. The molecule has 2 heterocycles. The first-order valence-corrected chi connectivity index (χ1v) is 12.6. The number of carbonyl (C=O) groups is 1. The van der Waals surface area contributed by atoms with Gasteiger partial charge in [-0.05, 0) is 36.4 Å². The molecule has 1 saturated heterocycles. The number of benzene rings is 2. The Morgan fingerprint density at radius 3 is 2.40 bits per heavy atom. The number of piperazine rings is 1. The molecule has 30 heavy (non-hydrogen) atoms. The van der Waals surface area contributed by atoms with Crippen molar-refractivity contribution in [3.8, 4) is 0 Å². The molecule has 1 amide bonds. The predicted octanol–water partition coefficient (Wildman–Crippen LogP) is 4.12. The van der Waals surface area contributed by atoms with E-state index >= 15 is 0 Å². The molecule has 1 aromatic heterocycles. The van der Waals surface area contributed by atoms with E-state index in [1.54, 1.807) is 16.2 Å². The summed E-state index contributed by atoms with van der Waals surface area (Å²) in [7, 11) is -3.52. The number of hydrogen-bond donors (Lipinski definition) is 0. The molecule has 4 rings (SSSR count). The van der Waals surface area contributed by atoms with E-state index in [9.17, 15) is 13.2 Å². The van der Waals surface area contributed by atoms with E-state index in [4.69, 9.17) is 23.2 Å². The van der Waals surface area contributed by atoms with Crippen molar-refractivity contribution in [3.63, 3.8) is 0 Å². The van der Waals surface area contributed by atoms with Crippen molar-refractivity contribution < 1.29 is 13.2 Å². The summed E-state index contributed by atoms with van der Waals surface area (Å²) in [4.78, 5) is 21.2. The Morgan fingerprint density at radius 1 is 1.03 bits per heavy atom. The number of aromatic nitrogens is 1. The SMILES string of the molecule is O=C(CCS(=O)(=O)c1ccc(Cl)cc1)N1CCN(c2nc3c(Cl)cccc3s2)CC1. The molecule has 1 aliphatic heterocycles. The molecule has 6 nitrogen and oxygen atoms in total. The molecule has 1 fully saturated rings. The third-order valence-electron chi connectivity index (χ3n) is 5.02. The van der Waals surface area contributed by atoms with Crippen LogP contribution in [0.25, 0.3) is 10.2 Å². The van der Waals surface area contributed by atoms with Crippen LogP contribution in [0.1, 0.15) is 6.42 Å². The molecule has 1 aliphatic rings. The van der Waals surface area contributed by atoms with Crippen LogP contribution in [0.5, 0.6) is 0 Å². The summed E-state index contributed by atoms with van der Waals surface area (Å²) in [6, 6.07) is 11.7. The standard InChI is InChI=1S/C20H19Cl2N3O3S2/c21-14-4-6-15(7-5-14)30(27,28)13-8-18(26)24-9-11-25(12-10-24)20-23-19-16(22)2-1-3-17(19)29-20/h1-7H,8-13H2. The number of fused-ring (bicyclic) bond motifs is 1. The Kier molecular flexibility index (Phi) is 6.20. The molecule has 0 bridgehead atoms. The minimum Gasteiger partial charge on any atom is -0.345 e. The second-order valence-corrected chi connectivity index (χ2v) is 10.9. The minimum absolute atomic E-state index is 0.0400. The van der Waals surface area contributed by atoms with Gasteiger partial charge in [-0.3, -0.25) is 4.79 Å². The number of sulfone groups is 1. The average Bonchev–Trinajstić information content (AvgIpc) is 3.18. The highest BCUT2D eigenvalue weighted by Gasteiger charge is 2.25. The maximum atomic E-state index is 12.6. The number of rotatable bonds is 5. The van der Waals surface area contributed by atoms with Gasteiger partial charge in [-0.2, -0.15) is 0 Å². The van der Waals surface area contributed by atoms with Crippen LogP contribution in [-0.4, -0.2) is 56.1 Å². The summed E-state index contributed by atoms with van der Waals surface area (Å²) >= 11 is 13.6. The third kappa shape index (κ3) is 4.56. The monoisotopic (exact) mass is 483 g/mol. The largest absolute Gasteiger partial charge is 0.345 e. The predicted molar refractivity (Wildman–Crippen MR) is 122 cm³/mol. The van der Waals surface area contributed by atoms with Crippen LogP contribution in [0.2, 0.25) is 10.0 Å². The van der Waals surface area contributed by atoms with Crippen molar-refractivity contribution in [2.24, 2.45) is 0 Å². The highest BCUT2D eigenvalue weighted by Crippen LogP contribution is 2.33. The second-order valence-electron chi connectivity index (χ2n) is 6.97. The highest BCUT2D eigenvalue weighted by molar-refractivity contribution is 7.91. The van der Waals surface area contributed by atoms with Crippen molar-refractivity contribution in [1.29, 1.82) is 0 Å². The number of halogens is 2. The summed E-state index contributed by atoms with van der Waals surface area (Å²) in [5.41, 5.74) is 0.796. The Hall–Kier alpha value is -1.87. The summed E-state index contributed by atoms with van der Waals surface area (Å²) in [6.07, 6.45) is -0.0400. The number of anilines is 1. The Balaban J connectivity index is 1.33. The van der Waals surface area contributed by atoms with Crippen LogP contribution in [0.4, 0.5) is 5.13 Å². The average molecular weight is 484 g/mol. The van der Waals surface area contributed by atoms with Crippen LogP contribution in [0, 0.1) is 0 Å². The lowest BCUT2D eigenvalue weighted by molar-refractivity contribution is -0.131. The fourth-order valence-corrected chi connectivity index (χ4v) is 6.00. The van der Waals surface area contributed by atoms with Crippen LogP contribution in [-0.2, 0) is 14.6 Å². The quantitative estimate of drug-likeness (QED) is 0.545. The van der Waals surface area contributed by atoms with Crippen LogP contribution in [0.15, 0.2) is 47.4 Å². The zero-order chi connectivity index (χ0) is 21.3. The van der Waals surface area contributed by atoms with Crippen molar-refractivity contribution in [2.45, 2.75) is 11.3 Å². The fraction of sp³-hybridized carbons (Fsp3) is 0.300. The molecular formula is C20H19Cl2N3O3S2. The first-order valence-electron chi connectivity index (χ1n) is 9.39. The van der Waals surface area contributed by atoms with E-state index in [1.165, 1.54) is 24.3 Å². The van der Waals surface area contributed by atoms with Gasteiger partial charge in [0.05, 0.1) is 20.4 Å². The number of thiazole rings is 1. The summed E-state index contributed by atoms with van der Waals surface area (Å²) in [6.45, 7) is 2.35. The van der Waals surface area contributed by atoms with Gasteiger partial charge in [-0.1, -0.05) is 40.6 Å². The Labute approximate surface area is 188 Å². The Morgan fingerprint density at radius 2 is 1.73 bits per heavy atom. The zero-order valence-electron chi connectivity index (χ0n) is 15.9. The van der Waals surface area contributed by atoms with Crippen LogP contribution < -0.4 is 4.90 Å². The summed E-state index contributed by atoms with van der Waals surface area (Å²) in [5, 5.41) is 1.99. The molecule has 0 radical (unpaired) electrons.